The number of hydrogen-bond donors (Lipinski definition) is 0. The fraction of sp³-hybridized carbons (Fsp3) is 0.667. The van der Waals surface area contributed by atoms with E-state index in [1.807, 2.05) is 0 Å². The average Bonchev–Trinajstić information content (AvgIpc) is 2.73. The Balaban J connectivity index is 1.62. The molecule has 7 nitrogen and oxygen atoms in total. The molecular weight excluding hydrogens is 400 g/mol. The Bertz CT molecular complexity index is 670. The monoisotopic (exact) mass is 436 g/mol. The number of carbonyl (C=O) groups is 2. The largest absolute Gasteiger partial charge is 0.543 e. The van der Waals surface area contributed by atoms with Gasteiger partial charge in [-0.1, -0.05) is 47.0 Å². The van der Waals surface area contributed by atoms with Gasteiger partial charge in [-0.05, 0) is 67.7 Å². The molecule has 0 aliphatic heterocycles. The number of rotatable bonds is 10. The summed E-state index contributed by atoms with van der Waals surface area (Å²) in [6.07, 6.45) is 6.84. The smallest absolute Gasteiger partial charge is 0.494 e. The quantitative estimate of drug-likeness (QED) is 0.181. The molecular formula is C24H36O7. The molecule has 0 saturated heterocycles. The van der Waals surface area contributed by atoms with Crippen molar-refractivity contribution in [2.75, 3.05) is 6.61 Å². The van der Waals surface area contributed by atoms with Crippen LogP contribution >= 0.6 is 0 Å². The molecule has 1 aliphatic rings. The van der Waals surface area contributed by atoms with E-state index in [1.54, 1.807) is 24.3 Å². The fourth-order valence-corrected chi connectivity index (χ4v) is 3.73. The van der Waals surface area contributed by atoms with Gasteiger partial charge in [-0.2, -0.15) is 0 Å². The summed E-state index contributed by atoms with van der Waals surface area (Å²) in [6.45, 7) is 9.48. The van der Waals surface area contributed by atoms with Crippen molar-refractivity contribution in [1.82, 2.24) is 0 Å². The Labute approximate surface area is 185 Å². The predicted octanol–water partition coefficient (Wildman–Crippen LogP) is 6.41. The Morgan fingerprint density at radius 3 is 2.23 bits per heavy atom. The van der Waals surface area contributed by atoms with Crippen molar-refractivity contribution < 1.29 is 33.9 Å². The molecule has 0 aromatic heterocycles. The molecule has 7 heteroatoms. The molecule has 0 atom stereocenters. The van der Waals surface area contributed by atoms with Crippen LogP contribution in [0.3, 0.4) is 0 Å². The Morgan fingerprint density at radius 1 is 0.935 bits per heavy atom. The number of carbonyl (C=O) groups excluding carboxylic acids is 2. The van der Waals surface area contributed by atoms with Crippen LogP contribution < -0.4 is 4.74 Å². The van der Waals surface area contributed by atoms with E-state index in [2.05, 4.69) is 42.5 Å². The lowest BCUT2D eigenvalue weighted by Crippen LogP contribution is -2.30. The summed E-state index contributed by atoms with van der Waals surface area (Å²) in [5.41, 5.74) is 0.498. The van der Waals surface area contributed by atoms with Crippen LogP contribution in [-0.4, -0.2) is 24.8 Å². The van der Waals surface area contributed by atoms with Gasteiger partial charge in [0.2, 0.25) is 0 Å². The Kier molecular flexibility index (Phi) is 10.1. The van der Waals surface area contributed by atoms with Gasteiger partial charge in [0, 0.05) is 0 Å². The van der Waals surface area contributed by atoms with Crippen LogP contribution in [0.5, 0.6) is 5.75 Å². The Morgan fingerprint density at radius 2 is 1.61 bits per heavy atom. The van der Waals surface area contributed by atoms with E-state index in [0.29, 0.717) is 18.3 Å². The lowest BCUT2D eigenvalue weighted by Gasteiger charge is -2.36. The van der Waals surface area contributed by atoms with Crippen molar-refractivity contribution in [3.63, 3.8) is 0 Å². The van der Waals surface area contributed by atoms with Crippen LogP contribution in [0.15, 0.2) is 24.3 Å². The maximum atomic E-state index is 12.0. The van der Waals surface area contributed by atoms with Crippen molar-refractivity contribution in [1.29, 1.82) is 0 Å². The summed E-state index contributed by atoms with van der Waals surface area (Å²) < 4.78 is 10.9. The predicted molar refractivity (Wildman–Crippen MR) is 115 cm³/mol. The normalized spacial score (nSPS) is 18.8. The Hall–Kier alpha value is -2.28. The van der Waals surface area contributed by atoms with E-state index in [0.717, 1.165) is 38.5 Å². The third-order valence-electron chi connectivity index (χ3n) is 5.73. The lowest BCUT2D eigenvalue weighted by molar-refractivity contribution is -0.453. The molecule has 0 heterocycles. The van der Waals surface area contributed by atoms with Crippen molar-refractivity contribution >= 4 is 12.1 Å². The molecule has 0 radical (unpaired) electrons. The highest BCUT2D eigenvalue weighted by atomic mass is 17.5. The number of unbranched alkanes of at least 4 members (excludes halogenated alkanes) is 3. The van der Waals surface area contributed by atoms with E-state index in [9.17, 15) is 9.59 Å². The van der Waals surface area contributed by atoms with Crippen molar-refractivity contribution in [2.45, 2.75) is 85.2 Å². The highest BCUT2D eigenvalue weighted by Crippen LogP contribution is 2.38. The van der Waals surface area contributed by atoms with Gasteiger partial charge in [-0.15, -0.1) is 0 Å². The van der Waals surface area contributed by atoms with Gasteiger partial charge >= 0.3 is 12.1 Å². The van der Waals surface area contributed by atoms with Crippen LogP contribution in [0.4, 0.5) is 4.79 Å². The minimum atomic E-state index is -1.01. The first-order valence-electron chi connectivity index (χ1n) is 11.3. The first-order chi connectivity index (χ1) is 14.8. The van der Waals surface area contributed by atoms with Crippen LogP contribution in [0.1, 0.15) is 89.4 Å². The van der Waals surface area contributed by atoms with Crippen molar-refractivity contribution in [2.24, 2.45) is 11.3 Å². The molecule has 0 spiro atoms. The fourth-order valence-electron chi connectivity index (χ4n) is 3.73. The summed E-state index contributed by atoms with van der Waals surface area (Å²) >= 11 is 0. The third-order valence-corrected chi connectivity index (χ3v) is 5.73. The topological polar surface area (TPSA) is 80.3 Å². The molecule has 0 unspecified atom stereocenters. The van der Waals surface area contributed by atoms with E-state index < -0.39 is 12.1 Å². The molecule has 0 bridgehead atoms. The zero-order chi connectivity index (χ0) is 22.7. The number of ether oxygens (including phenoxy) is 2. The van der Waals surface area contributed by atoms with Gasteiger partial charge in [-0.3, -0.25) is 4.89 Å². The summed E-state index contributed by atoms with van der Waals surface area (Å²) in [5, 5.41) is 4.31. The second kappa shape index (κ2) is 12.5. The zero-order valence-corrected chi connectivity index (χ0v) is 19.2. The zero-order valence-electron chi connectivity index (χ0n) is 19.2. The van der Waals surface area contributed by atoms with E-state index in [-0.39, 0.29) is 17.1 Å². The van der Waals surface area contributed by atoms with Gasteiger partial charge in [0.15, 0.2) is 0 Å². The standard InChI is InChI=1S/C24H36O7/c1-5-6-7-8-17-27-20-13-9-18(10-14-20)22(25)29-31-30-23(26)28-21-15-11-19(12-16-21)24(2,3)4/h9-10,13-14,19,21H,5-8,11-12,15-17H2,1-4H3. The number of benzene rings is 1. The van der Waals surface area contributed by atoms with E-state index in [4.69, 9.17) is 9.47 Å². The molecule has 1 aromatic carbocycles. The van der Waals surface area contributed by atoms with E-state index >= 15 is 0 Å². The van der Waals surface area contributed by atoms with Crippen LogP contribution in [-0.2, 0) is 19.6 Å². The van der Waals surface area contributed by atoms with Gasteiger partial charge in [0.1, 0.15) is 11.9 Å². The molecule has 1 aliphatic carbocycles. The maximum Gasteiger partial charge on any atom is 0.543 e. The molecule has 1 saturated carbocycles. The molecule has 1 fully saturated rings. The molecule has 174 valence electrons. The van der Waals surface area contributed by atoms with Crippen molar-refractivity contribution in [3.05, 3.63) is 29.8 Å². The average molecular weight is 437 g/mol. The molecule has 0 N–H and O–H groups in total. The van der Waals surface area contributed by atoms with Gasteiger partial charge < -0.3 is 9.47 Å². The molecule has 31 heavy (non-hydrogen) atoms. The van der Waals surface area contributed by atoms with Gasteiger partial charge in [-0.25, -0.2) is 14.5 Å². The number of hydrogen-bond acceptors (Lipinski definition) is 7. The lowest BCUT2D eigenvalue weighted by atomic mass is 9.72. The van der Waals surface area contributed by atoms with E-state index in [1.165, 1.54) is 12.8 Å². The highest BCUT2D eigenvalue weighted by Gasteiger charge is 2.31. The maximum absolute atomic E-state index is 12.0. The summed E-state index contributed by atoms with van der Waals surface area (Å²) in [4.78, 5) is 32.6. The summed E-state index contributed by atoms with van der Waals surface area (Å²) in [7, 11) is 0. The second-order valence-electron chi connectivity index (χ2n) is 9.16. The molecule has 0 amide bonds. The van der Waals surface area contributed by atoms with Crippen LogP contribution in [0.2, 0.25) is 0 Å². The summed E-state index contributed by atoms with van der Waals surface area (Å²) in [6, 6.07) is 6.47. The van der Waals surface area contributed by atoms with Gasteiger partial charge in [0.25, 0.3) is 0 Å². The second-order valence-corrected chi connectivity index (χ2v) is 9.16. The van der Waals surface area contributed by atoms with Crippen molar-refractivity contribution in [3.8, 4) is 5.75 Å². The van der Waals surface area contributed by atoms with Gasteiger partial charge in [0.05, 0.1) is 17.2 Å². The van der Waals surface area contributed by atoms with Crippen LogP contribution in [0.25, 0.3) is 0 Å². The van der Waals surface area contributed by atoms with Crippen LogP contribution in [0, 0.1) is 11.3 Å². The minimum absolute atomic E-state index is 0.208. The highest BCUT2D eigenvalue weighted by molar-refractivity contribution is 5.89. The molecule has 2 rings (SSSR count). The molecule has 1 aromatic rings. The summed E-state index contributed by atoms with van der Waals surface area (Å²) in [5.74, 6) is 0.501. The SMILES string of the molecule is CCCCCCOc1ccc(C(=O)OOOC(=O)OC2CCC(C(C)(C)C)CC2)cc1. The first kappa shape index (κ1) is 25.0. The first-order valence-corrected chi connectivity index (χ1v) is 11.3. The third kappa shape index (κ3) is 9.17. The minimum Gasteiger partial charge on any atom is -0.494 e.